The zero-order chi connectivity index (χ0) is 22.7. The highest BCUT2D eigenvalue weighted by atomic mass is 32.2. The van der Waals surface area contributed by atoms with Crippen molar-refractivity contribution in [3.05, 3.63) is 83.9 Å². The Balaban J connectivity index is 1.68. The number of amides is 1. The molecule has 1 aromatic heterocycles. The maximum absolute atomic E-state index is 13.2. The summed E-state index contributed by atoms with van der Waals surface area (Å²) in [5.41, 5.74) is 1.27. The molecule has 9 nitrogen and oxygen atoms in total. The van der Waals surface area contributed by atoms with Gasteiger partial charge in [0.15, 0.2) is 0 Å². The van der Waals surface area contributed by atoms with Crippen molar-refractivity contribution in [2.75, 3.05) is 5.32 Å². The van der Waals surface area contributed by atoms with Crippen LogP contribution in [0, 0.1) is 0 Å². The minimum atomic E-state index is -4.16. The summed E-state index contributed by atoms with van der Waals surface area (Å²) in [5, 5.41) is 11.8. The molecule has 1 amide bonds. The Hall–Kier alpha value is -3.67. The van der Waals surface area contributed by atoms with Crippen molar-refractivity contribution < 1.29 is 23.1 Å². The van der Waals surface area contributed by atoms with E-state index in [-0.39, 0.29) is 21.7 Å². The molecule has 0 aliphatic rings. The number of sulfonamides is 1. The average molecular weight is 469 g/mol. The predicted molar refractivity (Wildman–Crippen MR) is 119 cm³/mol. The Morgan fingerprint density at radius 3 is 2.44 bits per heavy atom. The number of nitrogens with one attached hydrogen (secondary N) is 2. The Bertz CT molecular complexity index is 1400. The van der Waals surface area contributed by atoms with Gasteiger partial charge in [0.05, 0.1) is 17.3 Å². The molecule has 1 heterocycles. The zero-order valence-corrected chi connectivity index (χ0v) is 17.9. The van der Waals surface area contributed by atoms with Crippen LogP contribution in [0.15, 0.2) is 77.7 Å². The van der Waals surface area contributed by atoms with Crippen molar-refractivity contribution in [1.82, 2.24) is 13.5 Å². The first-order valence-electron chi connectivity index (χ1n) is 9.28. The summed E-state index contributed by atoms with van der Waals surface area (Å²) in [7, 11) is -4.16. The molecule has 0 spiro atoms. The van der Waals surface area contributed by atoms with E-state index in [1.165, 1.54) is 30.3 Å². The van der Waals surface area contributed by atoms with Gasteiger partial charge in [0.25, 0.3) is 0 Å². The van der Waals surface area contributed by atoms with Crippen LogP contribution < -0.4 is 10.0 Å². The van der Waals surface area contributed by atoms with Gasteiger partial charge < -0.3 is 10.4 Å². The molecule has 4 rings (SSSR count). The average Bonchev–Trinajstić information content (AvgIpc) is 3.27. The largest absolute Gasteiger partial charge is 0.478 e. The van der Waals surface area contributed by atoms with E-state index in [9.17, 15) is 18.0 Å². The van der Waals surface area contributed by atoms with Gasteiger partial charge in [-0.3, -0.25) is 4.79 Å². The third-order valence-corrected chi connectivity index (χ3v) is 6.58. The van der Waals surface area contributed by atoms with Crippen LogP contribution in [0.1, 0.15) is 22.0 Å². The molecule has 1 atom stereocenters. The van der Waals surface area contributed by atoms with Crippen LogP contribution in [-0.4, -0.2) is 34.1 Å². The maximum atomic E-state index is 13.2. The molecule has 32 heavy (non-hydrogen) atoms. The number of nitrogens with zero attached hydrogens (tertiary/aromatic N) is 2. The Morgan fingerprint density at radius 1 is 0.938 bits per heavy atom. The number of hydrogen-bond acceptors (Lipinski definition) is 7. The van der Waals surface area contributed by atoms with Gasteiger partial charge in [-0.2, -0.15) is 13.5 Å². The third kappa shape index (κ3) is 4.49. The van der Waals surface area contributed by atoms with Gasteiger partial charge in [0.1, 0.15) is 22.0 Å². The van der Waals surface area contributed by atoms with E-state index < -0.39 is 27.9 Å². The topological polar surface area (TPSA) is 138 Å². The van der Waals surface area contributed by atoms with Crippen LogP contribution in [0.4, 0.5) is 5.69 Å². The van der Waals surface area contributed by atoms with Gasteiger partial charge >= 0.3 is 5.97 Å². The zero-order valence-electron chi connectivity index (χ0n) is 16.3. The van der Waals surface area contributed by atoms with Crippen molar-refractivity contribution in [3.63, 3.8) is 0 Å². The number of hydrogen-bond donors (Lipinski definition) is 3. The molecule has 1 unspecified atom stereocenters. The second-order valence-corrected chi connectivity index (χ2v) is 8.94. The summed E-state index contributed by atoms with van der Waals surface area (Å²) < 4.78 is 37.0. The normalized spacial score (nSPS) is 12.4. The van der Waals surface area contributed by atoms with Crippen LogP contribution in [-0.2, 0) is 14.8 Å². The summed E-state index contributed by atoms with van der Waals surface area (Å²) in [5.74, 6) is -1.82. The Labute approximate surface area is 187 Å². The lowest BCUT2D eigenvalue weighted by Gasteiger charge is -2.19. The molecule has 0 fully saturated rings. The molecule has 0 saturated heterocycles. The van der Waals surface area contributed by atoms with E-state index in [2.05, 4.69) is 18.8 Å². The summed E-state index contributed by atoms with van der Waals surface area (Å²) in [4.78, 5) is 24.2. The number of fused-ring (bicyclic) bond motifs is 1. The lowest BCUT2D eigenvalue weighted by Crippen LogP contribution is -2.37. The first-order chi connectivity index (χ1) is 15.3. The van der Waals surface area contributed by atoms with E-state index in [4.69, 9.17) is 5.11 Å². The molecular formula is C21H16N4O5S2. The lowest BCUT2D eigenvalue weighted by molar-refractivity contribution is -0.117. The van der Waals surface area contributed by atoms with Gasteiger partial charge in [0.2, 0.25) is 15.9 Å². The fraction of sp³-hybridized carbons (Fsp3) is 0.0476. The summed E-state index contributed by atoms with van der Waals surface area (Å²) in [6.45, 7) is 0. The lowest BCUT2D eigenvalue weighted by atomic mass is 10.1. The fourth-order valence-electron chi connectivity index (χ4n) is 3.08. The SMILES string of the molecule is O=C(O)c1cccc(NC(=O)C(NS(=O)(=O)c2cccc3nsnc23)c2ccccc2)c1. The molecule has 4 aromatic rings. The first kappa shape index (κ1) is 21.6. The molecule has 11 heteroatoms. The van der Waals surface area contributed by atoms with E-state index >= 15 is 0 Å². The van der Waals surface area contributed by atoms with Gasteiger partial charge in [-0.15, -0.1) is 0 Å². The van der Waals surface area contributed by atoms with Gasteiger partial charge in [-0.05, 0) is 35.9 Å². The number of carbonyl (C=O) groups excluding carboxylic acids is 1. The fourth-order valence-corrected chi connectivity index (χ4v) is 5.03. The number of carboxylic acid groups (broad SMARTS) is 1. The second kappa shape index (κ2) is 8.83. The summed E-state index contributed by atoms with van der Waals surface area (Å²) >= 11 is 0.891. The second-order valence-electron chi connectivity index (χ2n) is 6.73. The van der Waals surface area contributed by atoms with E-state index in [1.807, 2.05) is 0 Å². The first-order valence-corrected chi connectivity index (χ1v) is 11.5. The molecule has 0 aliphatic heterocycles. The highest BCUT2D eigenvalue weighted by Gasteiger charge is 2.29. The van der Waals surface area contributed by atoms with Crippen LogP contribution in [0.3, 0.4) is 0 Å². The number of aromatic carboxylic acids is 1. The van der Waals surface area contributed by atoms with Gasteiger partial charge in [-0.1, -0.05) is 42.5 Å². The number of rotatable bonds is 7. The van der Waals surface area contributed by atoms with E-state index in [0.717, 1.165) is 11.7 Å². The van der Waals surface area contributed by atoms with Gasteiger partial charge in [0, 0.05) is 5.69 Å². The van der Waals surface area contributed by atoms with Crippen molar-refractivity contribution in [2.45, 2.75) is 10.9 Å². The number of aromatic nitrogens is 2. The monoisotopic (exact) mass is 468 g/mol. The maximum Gasteiger partial charge on any atom is 0.335 e. The smallest absolute Gasteiger partial charge is 0.335 e. The highest BCUT2D eigenvalue weighted by molar-refractivity contribution is 7.89. The standard InChI is InChI=1S/C21H16N4O5S2/c26-20(22-15-9-4-8-14(12-15)21(27)28)18(13-6-2-1-3-7-13)25-32(29,30)17-11-5-10-16-19(17)24-31-23-16/h1-12,18,25H,(H,22,26)(H,27,28). The van der Waals surface area contributed by atoms with Crippen LogP contribution in [0.5, 0.6) is 0 Å². The Morgan fingerprint density at radius 2 is 1.69 bits per heavy atom. The molecule has 162 valence electrons. The van der Waals surface area contributed by atoms with Crippen molar-refractivity contribution >= 4 is 50.3 Å². The van der Waals surface area contributed by atoms with Crippen molar-refractivity contribution in [1.29, 1.82) is 0 Å². The number of benzene rings is 3. The van der Waals surface area contributed by atoms with E-state index in [1.54, 1.807) is 42.5 Å². The van der Waals surface area contributed by atoms with Crippen LogP contribution in [0.2, 0.25) is 0 Å². The molecule has 3 N–H and O–H groups in total. The van der Waals surface area contributed by atoms with Crippen LogP contribution in [0.25, 0.3) is 11.0 Å². The quantitative estimate of drug-likeness (QED) is 0.379. The predicted octanol–water partition coefficient (Wildman–Crippen LogP) is 3.05. The van der Waals surface area contributed by atoms with Crippen molar-refractivity contribution in [2.24, 2.45) is 0 Å². The molecule has 0 aliphatic carbocycles. The number of carboxylic acids is 1. The van der Waals surface area contributed by atoms with Crippen LogP contribution >= 0.6 is 11.7 Å². The highest BCUT2D eigenvalue weighted by Crippen LogP contribution is 2.24. The molecule has 3 aromatic carbocycles. The minimum absolute atomic E-state index is 0.0117. The minimum Gasteiger partial charge on any atom is -0.478 e. The van der Waals surface area contributed by atoms with Crippen molar-refractivity contribution in [3.8, 4) is 0 Å². The number of anilines is 1. The molecular weight excluding hydrogens is 452 g/mol. The number of carbonyl (C=O) groups is 2. The van der Waals surface area contributed by atoms with Gasteiger partial charge in [-0.25, -0.2) is 13.2 Å². The molecule has 0 radical (unpaired) electrons. The summed E-state index contributed by atoms with van der Waals surface area (Å²) in [6.07, 6.45) is 0. The molecule has 0 bridgehead atoms. The third-order valence-electron chi connectivity index (χ3n) is 4.58. The molecule has 0 saturated carbocycles. The summed E-state index contributed by atoms with van der Waals surface area (Å²) in [6, 6.07) is 17.3. The Kier molecular flexibility index (Phi) is 5.95. The van der Waals surface area contributed by atoms with E-state index in [0.29, 0.717) is 11.1 Å².